The van der Waals surface area contributed by atoms with Gasteiger partial charge in [0.05, 0.1) is 19.4 Å². The number of ether oxygens (including phenoxy) is 2. The van der Waals surface area contributed by atoms with E-state index < -0.39 is 0 Å². The molecular weight excluding hydrogens is 320 g/mol. The minimum absolute atomic E-state index is 0.591. The van der Waals surface area contributed by atoms with E-state index in [0.717, 1.165) is 41.4 Å². The highest BCUT2D eigenvalue weighted by molar-refractivity contribution is 5.93. The van der Waals surface area contributed by atoms with Crippen LogP contribution in [0.1, 0.15) is 23.9 Å². The first kappa shape index (κ1) is 18.6. The minimum Gasteiger partial charge on any atom is -0.493 e. The Labute approximate surface area is 148 Å². The molecule has 25 heavy (non-hydrogen) atoms. The lowest BCUT2D eigenvalue weighted by molar-refractivity contribution is 0.311. The number of guanidine groups is 1. The molecule has 0 amide bonds. The predicted molar refractivity (Wildman–Crippen MR) is 98.8 cm³/mol. The lowest BCUT2D eigenvalue weighted by atomic mass is 10.1. The van der Waals surface area contributed by atoms with E-state index in [1.165, 1.54) is 0 Å². The van der Waals surface area contributed by atoms with Gasteiger partial charge in [0, 0.05) is 30.9 Å². The molecule has 0 saturated heterocycles. The van der Waals surface area contributed by atoms with E-state index in [1.54, 1.807) is 14.2 Å². The molecule has 0 radical (unpaired) electrons. The Hall–Kier alpha value is -2.70. The molecule has 0 bridgehead atoms. The summed E-state index contributed by atoms with van der Waals surface area (Å²) in [5, 5.41) is 10.5. The third-order valence-electron chi connectivity index (χ3n) is 3.80. The molecule has 2 aromatic rings. The summed E-state index contributed by atoms with van der Waals surface area (Å²) in [6.45, 7) is 7.13. The number of benzene rings is 1. The van der Waals surface area contributed by atoms with Crippen LogP contribution in [0.25, 0.3) is 0 Å². The van der Waals surface area contributed by atoms with Crippen LogP contribution in [0.3, 0.4) is 0 Å². The highest BCUT2D eigenvalue weighted by Gasteiger charge is 2.10. The van der Waals surface area contributed by atoms with E-state index in [4.69, 9.17) is 14.0 Å². The molecule has 0 spiro atoms. The van der Waals surface area contributed by atoms with Crippen molar-refractivity contribution in [1.29, 1.82) is 0 Å². The quantitative estimate of drug-likeness (QED) is 0.593. The molecule has 1 aromatic heterocycles. The van der Waals surface area contributed by atoms with E-state index in [1.807, 2.05) is 39.0 Å². The van der Waals surface area contributed by atoms with Crippen LogP contribution >= 0.6 is 0 Å². The molecule has 7 heteroatoms. The maximum atomic E-state index is 5.53. The summed E-state index contributed by atoms with van der Waals surface area (Å²) in [6.07, 6.45) is 0.814. The Morgan fingerprint density at radius 3 is 2.68 bits per heavy atom. The highest BCUT2D eigenvalue weighted by atomic mass is 16.5. The van der Waals surface area contributed by atoms with Crippen molar-refractivity contribution in [2.24, 2.45) is 4.99 Å². The number of anilines is 1. The SMILES string of the molecule is CCOc1ccc(NC(=NC)NCCc2c(C)noc2C)cc1OC. The number of rotatable bonds is 7. The molecule has 0 saturated carbocycles. The van der Waals surface area contributed by atoms with Crippen molar-refractivity contribution in [3.05, 3.63) is 35.2 Å². The van der Waals surface area contributed by atoms with Crippen molar-refractivity contribution in [3.8, 4) is 11.5 Å². The molecule has 136 valence electrons. The van der Waals surface area contributed by atoms with Crippen LogP contribution in [0, 0.1) is 13.8 Å². The fraction of sp³-hybridized carbons (Fsp3) is 0.444. The number of nitrogens with zero attached hydrogens (tertiary/aromatic N) is 2. The number of methoxy groups -OCH3 is 1. The van der Waals surface area contributed by atoms with Gasteiger partial charge in [-0.2, -0.15) is 0 Å². The van der Waals surface area contributed by atoms with E-state index in [9.17, 15) is 0 Å². The van der Waals surface area contributed by atoms with Gasteiger partial charge in [-0.15, -0.1) is 0 Å². The second kappa shape index (κ2) is 8.96. The molecular formula is C18H26N4O3. The Bertz CT molecular complexity index is 706. The van der Waals surface area contributed by atoms with Crippen LogP contribution in [0.5, 0.6) is 11.5 Å². The molecule has 0 aliphatic rings. The highest BCUT2D eigenvalue weighted by Crippen LogP contribution is 2.30. The minimum atomic E-state index is 0.591. The fourth-order valence-electron chi connectivity index (χ4n) is 2.50. The van der Waals surface area contributed by atoms with Gasteiger partial charge in [0.1, 0.15) is 5.76 Å². The summed E-state index contributed by atoms with van der Waals surface area (Å²) >= 11 is 0. The third kappa shape index (κ3) is 4.89. The number of hydrogen-bond donors (Lipinski definition) is 2. The Kier molecular flexibility index (Phi) is 6.68. The van der Waals surface area contributed by atoms with Crippen LogP contribution in [0.4, 0.5) is 5.69 Å². The normalized spacial score (nSPS) is 11.3. The van der Waals surface area contributed by atoms with Crippen LogP contribution in [0.2, 0.25) is 0 Å². The van der Waals surface area contributed by atoms with Crippen LogP contribution < -0.4 is 20.1 Å². The first-order chi connectivity index (χ1) is 12.1. The number of nitrogens with one attached hydrogen (secondary N) is 2. The van der Waals surface area contributed by atoms with Gasteiger partial charge in [-0.05, 0) is 39.3 Å². The van der Waals surface area contributed by atoms with Gasteiger partial charge in [-0.1, -0.05) is 5.16 Å². The molecule has 2 N–H and O–H groups in total. The molecule has 1 aromatic carbocycles. The fourth-order valence-corrected chi connectivity index (χ4v) is 2.50. The van der Waals surface area contributed by atoms with Crippen LogP contribution in [-0.2, 0) is 6.42 Å². The Morgan fingerprint density at radius 1 is 1.28 bits per heavy atom. The maximum Gasteiger partial charge on any atom is 0.195 e. The molecule has 0 aliphatic heterocycles. The summed E-state index contributed by atoms with van der Waals surface area (Å²) in [6, 6.07) is 5.68. The van der Waals surface area contributed by atoms with E-state index in [2.05, 4.69) is 20.8 Å². The van der Waals surface area contributed by atoms with Crippen molar-refractivity contribution in [2.45, 2.75) is 27.2 Å². The van der Waals surface area contributed by atoms with Crippen molar-refractivity contribution < 1.29 is 14.0 Å². The summed E-state index contributed by atoms with van der Waals surface area (Å²) in [4.78, 5) is 4.24. The first-order valence-corrected chi connectivity index (χ1v) is 8.29. The van der Waals surface area contributed by atoms with Crippen molar-refractivity contribution in [3.63, 3.8) is 0 Å². The van der Waals surface area contributed by atoms with Gasteiger partial charge in [0.25, 0.3) is 0 Å². The molecule has 0 fully saturated rings. The maximum absolute atomic E-state index is 5.53. The zero-order valence-corrected chi connectivity index (χ0v) is 15.5. The zero-order valence-electron chi connectivity index (χ0n) is 15.5. The second-order valence-electron chi connectivity index (χ2n) is 5.48. The number of aryl methyl sites for hydroxylation is 2. The molecule has 0 aliphatic carbocycles. The van der Waals surface area contributed by atoms with Crippen molar-refractivity contribution >= 4 is 11.6 Å². The number of hydrogen-bond acceptors (Lipinski definition) is 5. The summed E-state index contributed by atoms with van der Waals surface area (Å²) in [5.74, 6) is 2.94. The lowest BCUT2D eigenvalue weighted by Gasteiger charge is -2.14. The molecule has 1 heterocycles. The molecule has 2 rings (SSSR count). The monoisotopic (exact) mass is 346 g/mol. The summed E-state index contributed by atoms with van der Waals surface area (Å²) in [7, 11) is 3.36. The third-order valence-corrected chi connectivity index (χ3v) is 3.80. The van der Waals surface area contributed by atoms with Gasteiger partial charge >= 0.3 is 0 Å². The van der Waals surface area contributed by atoms with E-state index in [-0.39, 0.29) is 0 Å². The van der Waals surface area contributed by atoms with Crippen molar-refractivity contribution in [2.75, 3.05) is 32.6 Å². The smallest absolute Gasteiger partial charge is 0.195 e. The average molecular weight is 346 g/mol. The molecule has 7 nitrogen and oxygen atoms in total. The van der Waals surface area contributed by atoms with Gasteiger partial charge in [0.15, 0.2) is 17.5 Å². The van der Waals surface area contributed by atoms with Crippen LogP contribution in [0.15, 0.2) is 27.7 Å². The van der Waals surface area contributed by atoms with E-state index in [0.29, 0.717) is 18.3 Å². The van der Waals surface area contributed by atoms with Gasteiger partial charge in [0.2, 0.25) is 0 Å². The number of aliphatic imine (C=N–C) groups is 1. The summed E-state index contributed by atoms with van der Waals surface area (Å²) < 4.78 is 16.1. The molecule has 0 atom stereocenters. The van der Waals surface area contributed by atoms with Crippen LogP contribution in [-0.4, -0.2) is 38.4 Å². The van der Waals surface area contributed by atoms with Gasteiger partial charge in [-0.3, -0.25) is 4.99 Å². The standard InChI is InChI=1S/C18H26N4O3/c1-6-24-16-8-7-14(11-17(16)23-5)21-18(19-4)20-10-9-15-12(2)22-25-13(15)3/h7-8,11H,6,9-10H2,1-5H3,(H2,19,20,21). The van der Waals surface area contributed by atoms with Gasteiger partial charge in [-0.25, -0.2) is 0 Å². The average Bonchev–Trinajstić information content (AvgIpc) is 2.94. The second-order valence-corrected chi connectivity index (χ2v) is 5.48. The Morgan fingerprint density at radius 2 is 2.08 bits per heavy atom. The lowest BCUT2D eigenvalue weighted by Crippen LogP contribution is -2.32. The zero-order chi connectivity index (χ0) is 18.2. The number of aromatic nitrogens is 1. The first-order valence-electron chi connectivity index (χ1n) is 8.29. The van der Waals surface area contributed by atoms with E-state index >= 15 is 0 Å². The van der Waals surface area contributed by atoms with Crippen molar-refractivity contribution in [1.82, 2.24) is 10.5 Å². The van der Waals surface area contributed by atoms with Gasteiger partial charge < -0.3 is 24.6 Å². The topological polar surface area (TPSA) is 80.9 Å². The predicted octanol–water partition coefficient (Wildman–Crippen LogP) is 2.93. The Balaban J connectivity index is 1.95. The largest absolute Gasteiger partial charge is 0.493 e. The summed E-state index contributed by atoms with van der Waals surface area (Å²) in [5.41, 5.74) is 2.93. The molecule has 0 unspecified atom stereocenters.